The Hall–Kier alpha value is -5.18. The molecule has 14 heteroatoms. The minimum Gasteiger partial charge on any atom is -0.652 e. The average Bonchev–Trinajstić information content (AvgIpc) is 3.28. The van der Waals surface area contributed by atoms with Crippen molar-refractivity contribution >= 4 is 64.8 Å². The number of halogens is 3. The van der Waals surface area contributed by atoms with Gasteiger partial charge in [-0.3, -0.25) is 0 Å². The standard InChI is InChI=1S/6C7H7O.CHF3.CH2O3.2CH3.2Sb/c6*1-8-7-5-3-2-4-6-7;2*2-1(3)4;;;;/h6*2-5H,1H3;1H;(H2,2,3,4);2*1H3;;/q;;;;;;;;;;2*+1/p-2. The van der Waals surface area contributed by atoms with Gasteiger partial charge in [0.2, 0.25) is 0 Å². The normalized spacial score (nSPS) is 10.6. The molecule has 0 saturated carbocycles. The average molecular weight is 1050 g/mol. The fourth-order valence-corrected chi connectivity index (χ4v) is 28.2. The molecular weight excluding hydrogens is 997 g/mol. The summed E-state index contributed by atoms with van der Waals surface area (Å²) in [5, 5.41) is 16.7. The first-order chi connectivity index (χ1) is 28.8. The van der Waals surface area contributed by atoms with Gasteiger partial charge in [0.1, 0.15) is 0 Å². The molecule has 0 N–H and O–H groups in total. The van der Waals surface area contributed by atoms with Gasteiger partial charge in [0.15, 0.2) is 0 Å². The van der Waals surface area contributed by atoms with E-state index < -0.39 is 50.4 Å². The first-order valence-corrected chi connectivity index (χ1v) is 30.9. The second kappa shape index (κ2) is 24.2. The summed E-state index contributed by atoms with van der Waals surface area (Å²) in [6, 6.07) is 49.9. The number of alkyl halides is 3. The third-order valence-electron chi connectivity index (χ3n) is 9.40. The molecule has 0 bridgehead atoms. The van der Waals surface area contributed by atoms with E-state index in [0.29, 0.717) is 0 Å². The molecule has 60 heavy (non-hydrogen) atoms. The van der Waals surface area contributed by atoms with Gasteiger partial charge < -0.3 is 15.0 Å². The minimum absolute atomic E-state index is 0.915. The molecule has 0 aliphatic heterocycles. The molecule has 0 aromatic heterocycles. The molecule has 0 saturated heterocycles. The Morgan fingerprint density at radius 2 is 0.500 bits per heavy atom. The van der Waals surface area contributed by atoms with Crippen molar-refractivity contribution in [3.8, 4) is 34.5 Å². The number of ether oxygens (including phenoxy) is 6. The van der Waals surface area contributed by atoms with E-state index in [4.69, 9.17) is 43.4 Å². The maximum absolute atomic E-state index is 9.67. The van der Waals surface area contributed by atoms with Crippen molar-refractivity contribution in [2.45, 2.75) is 16.4 Å². The van der Waals surface area contributed by atoms with Crippen molar-refractivity contribution in [1.29, 1.82) is 0 Å². The van der Waals surface area contributed by atoms with E-state index in [1.54, 1.807) is 42.7 Å². The topological polar surface area (TPSA) is 119 Å². The number of carbonyl (C=O) groups is 1. The van der Waals surface area contributed by atoms with Crippen molar-refractivity contribution in [3.05, 3.63) is 146 Å². The summed E-state index contributed by atoms with van der Waals surface area (Å²) in [4.78, 5) is 13.1. The van der Waals surface area contributed by atoms with Gasteiger partial charge in [0, 0.05) is 0 Å². The van der Waals surface area contributed by atoms with E-state index in [1.807, 2.05) is 72.8 Å². The van der Waals surface area contributed by atoms with E-state index >= 15 is 0 Å². The molecule has 0 radical (unpaired) electrons. The summed E-state index contributed by atoms with van der Waals surface area (Å²) in [6.45, 7) is -3.67. The summed E-state index contributed by atoms with van der Waals surface area (Å²) in [5.74, 6) is 5.49. The number of methoxy groups -OCH3 is 6. The molecule has 0 spiro atoms. The van der Waals surface area contributed by atoms with Crippen LogP contribution >= 0.6 is 0 Å². The maximum Gasteiger partial charge on any atom is 0.379 e. The van der Waals surface area contributed by atoms with Gasteiger partial charge in [-0.25, -0.2) is 0 Å². The minimum atomic E-state index is -3.67. The van der Waals surface area contributed by atoms with Crippen molar-refractivity contribution in [1.82, 2.24) is 0 Å². The van der Waals surface area contributed by atoms with Crippen LogP contribution in [0.5, 0.6) is 34.5 Å². The van der Waals surface area contributed by atoms with Crippen LogP contribution in [0, 0.1) is 0 Å². The Morgan fingerprint density at radius 3 is 0.617 bits per heavy atom. The molecule has 0 fully saturated rings. The van der Waals surface area contributed by atoms with Gasteiger partial charge in [0.25, 0.3) is 0 Å². The first-order valence-electron chi connectivity index (χ1n) is 18.1. The predicted molar refractivity (Wildman–Crippen MR) is 232 cm³/mol. The van der Waals surface area contributed by atoms with Crippen molar-refractivity contribution in [3.63, 3.8) is 0 Å². The third-order valence-corrected chi connectivity index (χ3v) is 32.2. The maximum atomic E-state index is 9.67. The molecule has 0 heterocycles. The molecule has 9 nitrogen and oxygen atoms in total. The van der Waals surface area contributed by atoms with Gasteiger partial charge in [-0.15, -0.1) is 0 Å². The van der Waals surface area contributed by atoms with Gasteiger partial charge in [-0.2, -0.15) is 13.2 Å². The number of benzene rings is 6. The molecule has 6 aromatic carbocycles. The van der Waals surface area contributed by atoms with E-state index in [0.717, 1.165) is 34.5 Å². The van der Waals surface area contributed by atoms with Crippen LogP contribution in [0.15, 0.2) is 146 Å². The molecule has 0 unspecified atom stereocenters. The number of carbonyl (C=O) groups excluding carboxylic acids is 1. The molecule has 6 aromatic rings. The number of rotatable bonds is 12. The molecule has 0 amide bonds. The number of carboxylic acid groups (broad SMARTS) is 2. The molecule has 0 aliphatic rings. The van der Waals surface area contributed by atoms with Crippen LogP contribution in [0.1, 0.15) is 0 Å². The number of hydrogen-bond donors (Lipinski definition) is 0. The fourth-order valence-electron chi connectivity index (χ4n) is 6.77. The zero-order chi connectivity index (χ0) is 44.3. The van der Waals surface area contributed by atoms with Crippen LogP contribution in [0.2, 0.25) is 9.74 Å². The first kappa shape index (κ1) is 49.2. The molecule has 6 rings (SSSR count). The summed E-state index contributed by atoms with van der Waals surface area (Å²) < 4.78 is 71.0. The summed E-state index contributed by atoms with van der Waals surface area (Å²) in [7, 11) is 10.4. The van der Waals surface area contributed by atoms with Crippen LogP contribution in [-0.2, 0) is 0 Å². The van der Waals surface area contributed by atoms with Crippen molar-refractivity contribution < 1.29 is 56.6 Å². The third kappa shape index (κ3) is 12.0. The zero-order valence-electron chi connectivity index (χ0n) is 34.6. The molecule has 318 valence electrons. The van der Waals surface area contributed by atoms with Crippen molar-refractivity contribution in [2.24, 2.45) is 0 Å². The Bertz CT molecular complexity index is 1870. The van der Waals surface area contributed by atoms with Gasteiger partial charge in [-0.05, 0) is 6.16 Å². The zero-order valence-corrected chi connectivity index (χ0v) is 39.7. The van der Waals surface area contributed by atoms with Crippen LogP contribution < -0.4 is 59.7 Å². The van der Waals surface area contributed by atoms with Crippen LogP contribution in [0.3, 0.4) is 0 Å². The van der Waals surface area contributed by atoms with Crippen LogP contribution in [0.4, 0.5) is 18.0 Å². The predicted octanol–water partition coefficient (Wildman–Crippen LogP) is 4.36. The fraction of sp³-hybridized carbons (Fsp3) is 0.196. The second-order valence-corrected chi connectivity index (χ2v) is 32.3. The quantitative estimate of drug-likeness (QED) is 0.165. The van der Waals surface area contributed by atoms with E-state index in [2.05, 4.69) is 82.5 Å². The van der Waals surface area contributed by atoms with Crippen LogP contribution in [-0.4, -0.2) is 93.1 Å². The number of para-hydroxylation sites is 6. The van der Waals surface area contributed by atoms with E-state index in [-0.39, 0.29) is 0 Å². The van der Waals surface area contributed by atoms with Gasteiger partial charge in [-0.1, -0.05) is 0 Å². The Labute approximate surface area is 358 Å². The van der Waals surface area contributed by atoms with Crippen LogP contribution in [0.25, 0.3) is 0 Å². The number of hydrogen-bond acceptors (Lipinski definition) is 9. The van der Waals surface area contributed by atoms with Gasteiger partial charge in [0.05, 0.1) is 0 Å². The monoisotopic (exact) mass is 1040 g/mol. The summed E-state index contributed by atoms with van der Waals surface area (Å²) >= 11 is -6.59. The molecular formula is C46H49F3O9Sb2. The Morgan fingerprint density at radius 1 is 0.383 bits per heavy atom. The molecule has 0 atom stereocenters. The Balaban J connectivity index is 0.000000272. The summed E-state index contributed by atoms with van der Waals surface area (Å²) in [5.41, 5.74) is 0. The smallest absolute Gasteiger partial charge is 0.379 e. The largest absolute Gasteiger partial charge is 0.652 e. The SMILES string of the molecule is COc1cccc[c]1[Sb+]([CH3])([c]1ccccc1OC)[c]1ccccc1OC.COc1cccc[c]1[Sb+]([CH3])([c]1ccccc1OC)[c]1ccccc1OC.FC(F)F.O=C([O-])[O-]. The Kier molecular flexibility index (Phi) is 19.8. The molecule has 0 aliphatic carbocycles. The van der Waals surface area contributed by atoms with E-state index in [9.17, 15) is 13.2 Å². The second-order valence-electron chi connectivity index (χ2n) is 12.5. The van der Waals surface area contributed by atoms with Crippen molar-refractivity contribution in [2.75, 3.05) is 42.7 Å². The van der Waals surface area contributed by atoms with E-state index in [1.165, 1.54) is 21.1 Å². The summed E-state index contributed by atoms with van der Waals surface area (Å²) in [6.07, 6.45) is -2.33. The van der Waals surface area contributed by atoms with Gasteiger partial charge >= 0.3 is 326 Å².